The zero-order valence-electron chi connectivity index (χ0n) is 32.2. The zero-order chi connectivity index (χ0) is 41.0. The van der Waals surface area contributed by atoms with Gasteiger partial charge in [0.05, 0.1) is 11.4 Å². The summed E-state index contributed by atoms with van der Waals surface area (Å²) >= 11 is 11.9. The molecule has 0 fully saturated rings. The van der Waals surface area contributed by atoms with E-state index in [1.165, 1.54) is 24.3 Å². The first kappa shape index (κ1) is 39.7. The maximum atomic E-state index is 14.7. The fourth-order valence-electron chi connectivity index (χ4n) is 7.48. The minimum atomic E-state index is -0.635. The van der Waals surface area contributed by atoms with E-state index < -0.39 is 23.3 Å². The monoisotopic (exact) mass is 819 g/mol. The first-order valence-corrected chi connectivity index (χ1v) is 18.7. The Hall–Kier alpha value is -5.54. The largest absolute Gasteiger partial charge is 0.373 e. The van der Waals surface area contributed by atoms with Gasteiger partial charge in [-0.25, -0.2) is 42.5 Å². The molecule has 6 aromatic rings. The van der Waals surface area contributed by atoms with Gasteiger partial charge >= 0.3 is 0 Å². The van der Waals surface area contributed by atoms with E-state index in [9.17, 15) is 17.6 Å². The van der Waals surface area contributed by atoms with Gasteiger partial charge in [-0.1, -0.05) is 45.4 Å². The number of benzene rings is 2. The van der Waals surface area contributed by atoms with Crippen LogP contribution >= 0.6 is 23.2 Å². The molecule has 0 spiro atoms. The highest BCUT2D eigenvalue weighted by molar-refractivity contribution is 6.29. The van der Waals surface area contributed by atoms with E-state index in [0.29, 0.717) is 53.8 Å². The van der Waals surface area contributed by atoms with E-state index >= 15 is 0 Å². The Morgan fingerprint density at radius 1 is 0.702 bits per heavy atom. The van der Waals surface area contributed by atoms with Gasteiger partial charge in [0.25, 0.3) is 0 Å². The van der Waals surface area contributed by atoms with Crippen molar-refractivity contribution in [1.82, 2.24) is 34.5 Å². The number of aromatic nitrogens is 7. The second kappa shape index (κ2) is 15.1. The Labute approximate surface area is 337 Å². The van der Waals surface area contributed by atoms with Crippen molar-refractivity contribution in [1.29, 1.82) is 0 Å². The van der Waals surface area contributed by atoms with Gasteiger partial charge in [-0.15, -0.1) is 0 Å². The summed E-state index contributed by atoms with van der Waals surface area (Å²) in [5, 5.41) is 6.65. The van der Waals surface area contributed by atoms with E-state index in [1.807, 2.05) is 26.8 Å². The molecule has 11 nitrogen and oxygen atoms in total. The maximum Gasteiger partial charge on any atom is 0.226 e. The summed E-state index contributed by atoms with van der Waals surface area (Å²) < 4.78 is 57.4. The molecule has 2 N–H and O–H groups in total. The van der Waals surface area contributed by atoms with Crippen LogP contribution in [0, 0.1) is 30.2 Å². The molecule has 2 aromatic carbocycles. The maximum absolute atomic E-state index is 14.7. The lowest BCUT2D eigenvalue weighted by atomic mass is 9.88. The summed E-state index contributed by atoms with van der Waals surface area (Å²) in [6.45, 7) is 11.1. The molecule has 0 aliphatic carbocycles. The summed E-state index contributed by atoms with van der Waals surface area (Å²) in [5.41, 5.74) is 3.53. The Balaban J connectivity index is 0.000000194. The third kappa shape index (κ3) is 7.65. The van der Waals surface area contributed by atoms with Gasteiger partial charge in [0.1, 0.15) is 69.7 Å². The van der Waals surface area contributed by atoms with Gasteiger partial charge in [-0.3, -0.25) is 4.57 Å². The zero-order valence-corrected chi connectivity index (χ0v) is 33.7. The van der Waals surface area contributed by atoms with Gasteiger partial charge in [-0.05, 0) is 53.9 Å². The molecule has 8 rings (SSSR count). The average molecular weight is 821 g/mol. The van der Waals surface area contributed by atoms with Crippen LogP contribution in [-0.2, 0) is 17.3 Å². The minimum Gasteiger partial charge on any atom is -0.373 e. The smallest absolute Gasteiger partial charge is 0.226 e. The van der Waals surface area contributed by atoms with Crippen molar-refractivity contribution in [2.75, 3.05) is 47.6 Å². The molecule has 0 unspecified atom stereocenters. The second-order valence-corrected chi connectivity index (χ2v) is 15.8. The number of aryl methyl sites for hydroxylation is 1. The number of hydrogen-bond donors (Lipinski definition) is 2. The molecule has 0 saturated heterocycles. The molecule has 2 aliphatic rings. The second-order valence-electron chi connectivity index (χ2n) is 15.1. The van der Waals surface area contributed by atoms with E-state index in [1.54, 1.807) is 47.2 Å². The predicted molar refractivity (Wildman–Crippen MR) is 215 cm³/mol. The number of rotatable bonds is 7. The van der Waals surface area contributed by atoms with Crippen LogP contribution in [0.25, 0.3) is 5.82 Å². The number of nitrogens with one attached hydrogen (secondary N) is 2. The standard InChI is InChI=1S/C25H24ClF2N7.C15H15ClF2N4/c1-14-7-15(10-30-23(14)34-11-19(26)31-13-34)8-20-32-22(29-4)21-24(33-20)35(12-25(21,2)3)18-6-5-16(27)9-17(18)28;1-15(2)7-22(10-5-4-8(17)6-9(10)18)13-11(15)12(19-3)20-14(16)21-13/h5-7,9-11,13H,8,12H2,1-4H3,(H,29,32,33);4-6H,7H2,1-3H3,(H,19,20,21). The van der Waals surface area contributed by atoms with Crippen LogP contribution in [0.1, 0.15) is 55.8 Å². The fraction of sp³-hybridized carbons (Fsp3) is 0.300. The topological polar surface area (TPSA) is 113 Å². The van der Waals surface area contributed by atoms with Crippen LogP contribution in [0.15, 0.2) is 61.2 Å². The van der Waals surface area contributed by atoms with Crippen LogP contribution in [0.2, 0.25) is 10.4 Å². The molecule has 0 saturated carbocycles. The highest BCUT2D eigenvalue weighted by Gasteiger charge is 2.42. The SMILES string of the molecule is CNc1nc(Cc2cnc(-n3cnc(Cl)c3)c(C)c2)nc2c1C(C)(C)CN2c1ccc(F)cc1F.CNc1nc(Cl)nc2c1C(C)(C)CN2c1ccc(F)cc1F. The van der Waals surface area contributed by atoms with Crippen molar-refractivity contribution in [2.24, 2.45) is 0 Å². The molecule has 17 heteroatoms. The van der Waals surface area contributed by atoms with Gasteiger partial charge in [-0.2, -0.15) is 4.98 Å². The Morgan fingerprint density at radius 3 is 1.74 bits per heavy atom. The number of imidazole rings is 1. The van der Waals surface area contributed by atoms with Crippen LogP contribution in [0.3, 0.4) is 0 Å². The van der Waals surface area contributed by atoms with Gasteiger partial charge in [0.15, 0.2) is 0 Å². The van der Waals surface area contributed by atoms with Crippen LogP contribution in [-0.4, -0.2) is 61.7 Å². The highest BCUT2D eigenvalue weighted by atomic mass is 35.5. The van der Waals surface area contributed by atoms with E-state index in [2.05, 4.69) is 44.4 Å². The summed E-state index contributed by atoms with van der Waals surface area (Å²) in [4.78, 5) is 30.2. The van der Waals surface area contributed by atoms with Crippen LogP contribution in [0.5, 0.6) is 0 Å². The molecule has 0 bridgehead atoms. The number of anilines is 6. The van der Waals surface area contributed by atoms with E-state index in [0.717, 1.165) is 40.2 Å². The van der Waals surface area contributed by atoms with Gasteiger partial charge in [0, 0.05) is 80.1 Å². The summed E-state index contributed by atoms with van der Waals surface area (Å²) in [7, 11) is 3.55. The number of nitrogens with zero attached hydrogens (tertiary/aromatic N) is 9. The van der Waals surface area contributed by atoms with Crippen molar-refractivity contribution in [3.63, 3.8) is 0 Å². The van der Waals surface area contributed by atoms with Crippen LogP contribution in [0.4, 0.5) is 52.2 Å². The fourth-order valence-corrected chi connectivity index (χ4v) is 7.79. The van der Waals surface area contributed by atoms with Gasteiger partial charge in [0.2, 0.25) is 5.28 Å². The number of halogens is 6. The summed E-state index contributed by atoms with van der Waals surface area (Å²) in [6.07, 6.45) is 5.52. The van der Waals surface area contributed by atoms with Crippen molar-refractivity contribution in [3.05, 3.63) is 123 Å². The number of pyridine rings is 1. The van der Waals surface area contributed by atoms with Crippen molar-refractivity contribution < 1.29 is 17.6 Å². The minimum absolute atomic E-state index is 0.0771. The van der Waals surface area contributed by atoms with Gasteiger partial charge < -0.3 is 20.4 Å². The van der Waals surface area contributed by atoms with E-state index in [-0.39, 0.29) is 27.5 Å². The third-order valence-electron chi connectivity index (χ3n) is 9.91. The third-order valence-corrected chi connectivity index (χ3v) is 10.3. The molecule has 0 amide bonds. The predicted octanol–water partition coefficient (Wildman–Crippen LogP) is 9.24. The van der Waals surface area contributed by atoms with Crippen LogP contribution < -0.4 is 20.4 Å². The number of fused-ring (bicyclic) bond motifs is 2. The highest BCUT2D eigenvalue weighted by Crippen LogP contribution is 2.48. The lowest BCUT2D eigenvalue weighted by Gasteiger charge is -2.22. The molecule has 4 aromatic heterocycles. The lowest BCUT2D eigenvalue weighted by Crippen LogP contribution is -2.26. The summed E-state index contributed by atoms with van der Waals surface area (Å²) in [5.74, 6) is 1.27. The van der Waals surface area contributed by atoms with E-state index in [4.69, 9.17) is 33.2 Å². The Kier molecular flexibility index (Phi) is 10.5. The Bertz CT molecular complexity index is 2510. The molecule has 296 valence electrons. The van der Waals surface area contributed by atoms with Crippen molar-refractivity contribution in [3.8, 4) is 5.82 Å². The molecule has 2 aliphatic heterocycles. The molecule has 0 radical (unpaired) electrons. The lowest BCUT2D eigenvalue weighted by molar-refractivity contribution is 0.556. The molecule has 0 atom stereocenters. The average Bonchev–Trinajstić information content (AvgIpc) is 3.78. The first-order valence-electron chi connectivity index (χ1n) is 17.9. The van der Waals surface area contributed by atoms with Crippen molar-refractivity contribution >= 4 is 57.8 Å². The quantitative estimate of drug-likeness (QED) is 0.119. The molecule has 57 heavy (non-hydrogen) atoms. The van der Waals surface area contributed by atoms with Crippen molar-refractivity contribution in [2.45, 2.75) is 51.9 Å². The summed E-state index contributed by atoms with van der Waals surface area (Å²) in [6, 6.07) is 9.12. The molecular formula is C40H39Cl2F4N11. The Morgan fingerprint density at radius 2 is 1.25 bits per heavy atom. The molecular weight excluding hydrogens is 781 g/mol. The normalized spacial score (nSPS) is 14.9. The number of hydrogen-bond acceptors (Lipinski definition) is 10. The first-order chi connectivity index (χ1) is 27.0. The molecule has 6 heterocycles.